The highest BCUT2D eigenvalue weighted by Crippen LogP contribution is 2.28. The van der Waals surface area contributed by atoms with Crippen LogP contribution in [0.3, 0.4) is 0 Å². The Morgan fingerprint density at radius 1 is 0.962 bits per heavy atom. The van der Waals surface area contributed by atoms with E-state index in [1.807, 2.05) is 49.4 Å². The molecule has 0 N–H and O–H groups in total. The molecule has 132 valence electrons. The maximum absolute atomic E-state index is 5.99. The van der Waals surface area contributed by atoms with Crippen molar-refractivity contribution in [2.45, 2.75) is 38.7 Å². The summed E-state index contributed by atoms with van der Waals surface area (Å²) in [5.41, 5.74) is 1.71. The fraction of sp³-hybridized carbons (Fsp3) is 0.286. The zero-order chi connectivity index (χ0) is 17.8. The van der Waals surface area contributed by atoms with Crippen molar-refractivity contribution in [2.24, 2.45) is 0 Å². The Kier molecular flexibility index (Phi) is 4.78. The van der Waals surface area contributed by atoms with Crippen LogP contribution in [-0.4, -0.2) is 21.1 Å². The zero-order valence-corrected chi connectivity index (χ0v) is 14.8. The van der Waals surface area contributed by atoms with Gasteiger partial charge in [0.25, 0.3) is 0 Å². The average molecular weight is 347 g/mol. The summed E-state index contributed by atoms with van der Waals surface area (Å²) in [5, 5.41) is 0. The third-order valence-corrected chi connectivity index (χ3v) is 4.40. The first-order valence-corrected chi connectivity index (χ1v) is 8.97. The minimum absolute atomic E-state index is 0.355. The SMILES string of the molecule is Cc1cc(Oc2ccc(OC3CCCC3)cc2)nc(-c2cccnc2)n1. The highest BCUT2D eigenvalue weighted by Gasteiger charge is 2.16. The Morgan fingerprint density at radius 3 is 2.46 bits per heavy atom. The molecular weight excluding hydrogens is 326 g/mol. The van der Waals surface area contributed by atoms with Crippen LogP contribution in [0.1, 0.15) is 31.4 Å². The van der Waals surface area contributed by atoms with Crippen molar-refractivity contribution in [1.29, 1.82) is 0 Å². The van der Waals surface area contributed by atoms with Gasteiger partial charge in [-0.15, -0.1) is 0 Å². The Bertz CT molecular complexity index is 860. The summed E-state index contributed by atoms with van der Waals surface area (Å²) >= 11 is 0. The molecule has 1 aliphatic carbocycles. The van der Waals surface area contributed by atoms with E-state index < -0.39 is 0 Å². The molecule has 0 amide bonds. The standard InChI is InChI=1S/C21H21N3O2/c1-15-13-20(24-21(23-15)16-5-4-12-22-14-16)26-19-10-8-18(9-11-19)25-17-6-2-3-7-17/h4-5,8-14,17H,2-3,6-7H2,1H3. The predicted octanol–water partition coefficient (Wildman–Crippen LogP) is 4.96. The lowest BCUT2D eigenvalue weighted by molar-refractivity contribution is 0.210. The van der Waals surface area contributed by atoms with E-state index in [9.17, 15) is 0 Å². The lowest BCUT2D eigenvalue weighted by Gasteiger charge is -2.13. The minimum Gasteiger partial charge on any atom is -0.490 e. The molecule has 0 radical (unpaired) electrons. The highest BCUT2D eigenvalue weighted by atomic mass is 16.5. The molecule has 2 heterocycles. The zero-order valence-electron chi connectivity index (χ0n) is 14.8. The summed E-state index contributed by atoms with van der Waals surface area (Å²) < 4.78 is 11.9. The molecule has 3 aromatic rings. The van der Waals surface area contributed by atoms with Gasteiger partial charge in [-0.1, -0.05) is 0 Å². The topological polar surface area (TPSA) is 57.1 Å². The van der Waals surface area contributed by atoms with Crippen LogP contribution in [-0.2, 0) is 0 Å². The third-order valence-electron chi connectivity index (χ3n) is 4.40. The number of nitrogens with zero attached hydrogens (tertiary/aromatic N) is 3. The summed E-state index contributed by atoms with van der Waals surface area (Å²) in [5.74, 6) is 2.73. The Morgan fingerprint density at radius 2 is 1.73 bits per heavy atom. The molecule has 0 spiro atoms. The molecule has 1 fully saturated rings. The molecule has 26 heavy (non-hydrogen) atoms. The van der Waals surface area contributed by atoms with E-state index in [0.29, 0.717) is 17.8 Å². The number of benzene rings is 1. The van der Waals surface area contributed by atoms with Crippen molar-refractivity contribution in [3.63, 3.8) is 0 Å². The van der Waals surface area contributed by atoms with Gasteiger partial charge in [0.1, 0.15) is 11.5 Å². The molecule has 0 atom stereocenters. The molecule has 0 unspecified atom stereocenters. The first-order valence-electron chi connectivity index (χ1n) is 8.97. The second-order valence-electron chi connectivity index (χ2n) is 6.51. The molecule has 4 rings (SSSR count). The van der Waals surface area contributed by atoms with Crippen LogP contribution in [0, 0.1) is 6.92 Å². The van der Waals surface area contributed by atoms with Crippen LogP contribution in [0.25, 0.3) is 11.4 Å². The summed E-state index contributed by atoms with van der Waals surface area (Å²) in [7, 11) is 0. The van der Waals surface area contributed by atoms with Crippen LogP contribution in [0.15, 0.2) is 54.9 Å². The van der Waals surface area contributed by atoms with Crippen LogP contribution >= 0.6 is 0 Å². The fourth-order valence-electron chi connectivity index (χ4n) is 3.12. The monoisotopic (exact) mass is 347 g/mol. The first-order chi connectivity index (χ1) is 12.8. The van der Waals surface area contributed by atoms with Gasteiger partial charge in [0.2, 0.25) is 5.88 Å². The normalized spacial score (nSPS) is 14.3. The van der Waals surface area contributed by atoms with Crippen molar-refractivity contribution in [2.75, 3.05) is 0 Å². The van der Waals surface area contributed by atoms with Crippen LogP contribution in [0.4, 0.5) is 0 Å². The Labute approximate surface area is 153 Å². The Balaban J connectivity index is 1.49. The fourth-order valence-corrected chi connectivity index (χ4v) is 3.12. The number of ether oxygens (including phenoxy) is 2. The number of hydrogen-bond donors (Lipinski definition) is 0. The number of pyridine rings is 1. The minimum atomic E-state index is 0.355. The van der Waals surface area contributed by atoms with Gasteiger partial charge in [-0.2, -0.15) is 4.98 Å². The predicted molar refractivity (Wildman–Crippen MR) is 99.4 cm³/mol. The van der Waals surface area contributed by atoms with Gasteiger partial charge in [0.15, 0.2) is 5.82 Å². The van der Waals surface area contributed by atoms with E-state index >= 15 is 0 Å². The van der Waals surface area contributed by atoms with Gasteiger partial charge in [0, 0.05) is 29.7 Å². The first kappa shape index (κ1) is 16.5. The maximum atomic E-state index is 5.99. The Hall–Kier alpha value is -2.95. The van der Waals surface area contributed by atoms with Crippen molar-refractivity contribution >= 4 is 0 Å². The summed E-state index contributed by atoms with van der Waals surface area (Å²) in [4.78, 5) is 13.1. The summed E-state index contributed by atoms with van der Waals surface area (Å²) in [6, 6.07) is 13.3. The molecule has 0 aliphatic heterocycles. The molecular formula is C21H21N3O2. The largest absolute Gasteiger partial charge is 0.490 e. The molecule has 0 bridgehead atoms. The quantitative estimate of drug-likeness (QED) is 0.653. The number of aryl methyl sites for hydroxylation is 1. The van der Waals surface area contributed by atoms with E-state index in [-0.39, 0.29) is 0 Å². The maximum Gasteiger partial charge on any atom is 0.223 e. The van der Waals surface area contributed by atoms with Crippen molar-refractivity contribution in [3.8, 4) is 28.8 Å². The summed E-state index contributed by atoms with van der Waals surface area (Å²) in [6.07, 6.45) is 8.65. The van der Waals surface area contributed by atoms with Crippen molar-refractivity contribution in [3.05, 3.63) is 60.6 Å². The van der Waals surface area contributed by atoms with E-state index in [1.165, 1.54) is 12.8 Å². The number of rotatable bonds is 5. The number of aromatic nitrogens is 3. The smallest absolute Gasteiger partial charge is 0.223 e. The average Bonchev–Trinajstić information content (AvgIpc) is 3.17. The number of hydrogen-bond acceptors (Lipinski definition) is 5. The van der Waals surface area contributed by atoms with Crippen LogP contribution in [0.2, 0.25) is 0 Å². The van der Waals surface area contributed by atoms with Gasteiger partial charge in [-0.3, -0.25) is 4.98 Å². The summed E-state index contributed by atoms with van der Waals surface area (Å²) in [6.45, 7) is 1.92. The van der Waals surface area contributed by atoms with Crippen LogP contribution < -0.4 is 9.47 Å². The van der Waals surface area contributed by atoms with Crippen molar-refractivity contribution < 1.29 is 9.47 Å². The van der Waals surface area contributed by atoms with E-state index in [2.05, 4.69) is 15.0 Å². The van der Waals surface area contributed by atoms with Gasteiger partial charge in [0.05, 0.1) is 6.10 Å². The molecule has 1 aliphatic rings. The van der Waals surface area contributed by atoms with Gasteiger partial charge in [-0.25, -0.2) is 4.98 Å². The van der Waals surface area contributed by atoms with Crippen molar-refractivity contribution in [1.82, 2.24) is 15.0 Å². The molecule has 1 aromatic carbocycles. The van der Waals surface area contributed by atoms with E-state index in [1.54, 1.807) is 12.4 Å². The molecule has 2 aromatic heterocycles. The highest BCUT2D eigenvalue weighted by molar-refractivity contribution is 5.54. The molecule has 1 saturated carbocycles. The van der Waals surface area contributed by atoms with Gasteiger partial charge in [-0.05, 0) is 69.0 Å². The van der Waals surface area contributed by atoms with E-state index in [0.717, 1.165) is 35.6 Å². The lowest BCUT2D eigenvalue weighted by atomic mass is 10.2. The van der Waals surface area contributed by atoms with Gasteiger partial charge >= 0.3 is 0 Å². The molecule has 0 saturated heterocycles. The third kappa shape index (κ3) is 3.99. The molecule has 5 nitrogen and oxygen atoms in total. The van der Waals surface area contributed by atoms with Gasteiger partial charge < -0.3 is 9.47 Å². The lowest BCUT2D eigenvalue weighted by Crippen LogP contribution is -2.10. The second-order valence-corrected chi connectivity index (χ2v) is 6.51. The van der Waals surface area contributed by atoms with Crippen LogP contribution in [0.5, 0.6) is 17.4 Å². The second kappa shape index (κ2) is 7.52. The van der Waals surface area contributed by atoms with E-state index in [4.69, 9.17) is 9.47 Å². The molecule has 5 heteroatoms.